The molecule has 2 aromatic rings. The lowest BCUT2D eigenvalue weighted by Crippen LogP contribution is -2.25. The number of benzene rings is 2. The highest BCUT2D eigenvalue weighted by atomic mass is 32.2. The first kappa shape index (κ1) is 19.8. The van der Waals surface area contributed by atoms with E-state index >= 15 is 0 Å². The number of ether oxygens (including phenoxy) is 1. The normalized spacial score (nSPS) is 11.5. The summed E-state index contributed by atoms with van der Waals surface area (Å²) in [5.74, 6) is 0.674. The molecule has 2 rings (SSSR count). The molecule has 0 spiro atoms. The Kier molecular flexibility index (Phi) is 7.09. The molecule has 2 aromatic carbocycles. The number of amides is 2. The number of hydrogen-bond donors (Lipinski definition) is 2. The summed E-state index contributed by atoms with van der Waals surface area (Å²) in [5.41, 5.74) is 3.67. The molecule has 0 aliphatic rings. The van der Waals surface area contributed by atoms with E-state index in [1.165, 1.54) is 11.8 Å². The van der Waals surface area contributed by atoms with Gasteiger partial charge in [-0.05, 0) is 56.7 Å². The maximum Gasteiger partial charge on any atom is 0.237 e. The molecule has 0 bridgehead atoms. The van der Waals surface area contributed by atoms with Gasteiger partial charge < -0.3 is 15.4 Å². The number of carbonyl (C=O) groups excluding carboxylic acids is 2. The standard InChI is InChI=1S/C20H24N2O3S/c1-13-5-10-18(14(2)11-13)22-20(24)15(3)26-12-19(23)21-16-6-8-17(25-4)9-7-16/h5-11,15H,12H2,1-4H3,(H,21,23)(H,22,24)/t15-/m1/s1. The minimum absolute atomic E-state index is 0.112. The second-order valence-corrected chi connectivity index (χ2v) is 7.37. The van der Waals surface area contributed by atoms with Crippen molar-refractivity contribution >= 4 is 35.0 Å². The van der Waals surface area contributed by atoms with Gasteiger partial charge in [0, 0.05) is 11.4 Å². The average Bonchev–Trinajstić information content (AvgIpc) is 2.62. The van der Waals surface area contributed by atoms with E-state index in [9.17, 15) is 9.59 Å². The molecule has 5 nitrogen and oxygen atoms in total. The molecule has 0 heterocycles. The minimum atomic E-state index is -0.336. The van der Waals surface area contributed by atoms with Crippen LogP contribution in [-0.4, -0.2) is 29.9 Å². The fraction of sp³-hybridized carbons (Fsp3) is 0.300. The molecule has 2 N–H and O–H groups in total. The lowest BCUT2D eigenvalue weighted by atomic mass is 10.1. The van der Waals surface area contributed by atoms with Gasteiger partial charge in [0.1, 0.15) is 5.75 Å². The molecule has 0 aliphatic carbocycles. The Balaban J connectivity index is 1.81. The average molecular weight is 372 g/mol. The van der Waals surface area contributed by atoms with Crippen molar-refractivity contribution in [2.75, 3.05) is 23.5 Å². The van der Waals surface area contributed by atoms with Crippen LogP contribution in [0.15, 0.2) is 42.5 Å². The molecule has 0 saturated carbocycles. The highest BCUT2D eigenvalue weighted by Gasteiger charge is 2.16. The highest BCUT2D eigenvalue weighted by Crippen LogP contribution is 2.19. The second-order valence-electron chi connectivity index (χ2n) is 6.04. The van der Waals surface area contributed by atoms with Crippen molar-refractivity contribution in [1.29, 1.82) is 0 Å². The van der Waals surface area contributed by atoms with Crippen LogP contribution in [0.25, 0.3) is 0 Å². The molecular weight excluding hydrogens is 348 g/mol. The fourth-order valence-corrected chi connectivity index (χ4v) is 3.02. The molecule has 0 aromatic heterocycles. The van der Waals surface area contributed by atoms with E-state index in [1.54, 1.807) is 38.3 Å². The summed E-state index contributed by atoms with van der Waals surface area (Å²) >= 11 is 1.30. The predicted molar refractivity (Wildman–Crippen MR) is 108 cm³/mol. The van der Waals surface area contributed by atoms with Crippen LogP contribution in [-0.2, 0) is 9.59 Å². The van der Waals surface area contributed by atoms with Gasteiger partial charge >= 0.3 is 0 Å². The molecule has 0 saturated heterocycles. The van der Waals surface area contributed by atoms with E-state index in [-0.39, 0.29) is 22.8 Å². The van der Waals surface area contributed by atoms with Crippen LogP contribution in [0.1, 0.15) is 18.1 Å². The van der Waals surface area contributed by atoms with Gasteiger partial charge in [0.2, 0.25) is 11.8 Å². The number of carbonyl (C=O) groups is 2. The molecule has 2 amide bonds. The monoisotopic (exact) mass is 372 g/mol. The van der Waals surface area contributed by atoms with E-state index in [2.05, 4.69) is 10.6 Å². The first-order chi connectivity index (χ1) is 12.4. The lowest BCUT2D eigenvalue weighted by molar-refractivity contribution is -0.115. The zero-order valence-corrected chi connectivity index (χ0v) is 16.3. The van der Waals surface area contributed by atoms with E-state index in [1.807, 2.05) is 32.0 Å². The quantitative estimate of drug-likeness (QED) is 0.771. The molecule has 6 heteroatoms. The predicted octanol–water partition coefficient (Wildman–Crippen LogP) is 4.01. The van der Waals surface area contributed by atoms with Gasteiger partial charge in [-0.3, -0.25) is 9.59 Å². The minimum Gasteiger partial charge on any atom is -0.497 e. The number of thioether (sulfide) groups is 1. The fourth-order valence-electron chi connectivity index (χ4n) is 2.34. The van der Waals surface area contributed by atoms with Crippen LogP contribution in [0.5, 0.6) is 5.75 Å². The summed E-state index contributed by atoms with van der Waals surface area (Å²) in [4.78, 5) is 24.4. The largest absolute Gasteiger partial charge is 0.497 e. The van der Waals surface area contributed by atoms with Gasteiger partial charge in [-0.2, -0.15) is 0 Å². The number of nitrogens with one attached hydrogen (secondary N) is 2. The van der Waals surface area contributed by atoms with Crippen LogP contribution >= 0.6 is 11.8 Å². The van der Waals surface area contributed by atoms with E-state index in [0.29, 0.717) is 5.69 Å². The molecule has 0 aliphatic heterocycles. The van der Waals surface area contributed by atoms with Crippen molar-refractivity contribution in [1.82, 2.24) is 0 Å². The Labute approximate surface area is 158 Å². The molecule has 1 atom stereocenters. The Morgan fingerprint density at radius 3 is 2.38 bits per heavy atom. The maximum absolute atomic E-state index is 12.3. The van der Waals surface area contributed by atoms with Crippen LogP contribution in [0.3, 0.4) is 0 Å². The number of aryl methyl sites for hydroxylation is 2. The van der Waals surface area contributed by atoms with Crippen LogP contribution < -0.4 is 15.4 Å². The molecule has 138 valence electrons. The summed E-state index contributed by atoms with van der Waals surface area (Å²) < 4.78 is 5.08. The summed E-state index contributed by atoms with van der Waals surface area (Å²) in [6.07, 6.45) is 0. The van der Waals surface area contributed by atoms with E-state index < -0.39 is 0 Å². The summed E-state index contributed by atoms with van der Waals surface area (Å²) in [5, 5.41) is 5.39. The van der Waals surface area contributed by atoms with Gasteiger partial charge in [0.25, 0.3) is 0 Å². The summed E-state index contributed by atoms with van der Waals surface area (Å²) in [6, 6.07) is 13.0. The van der Waals surface area contributed by atoms with Crippen LogP contribution in [0, 0.1) is 13.8 Å². The first-order valence-corrected chi connectivity index (χ1v) is 9.37. The second kappa shape index (κ2) is 9.29. The van der Waals surface area contributed by atoms with Crippen molar-refractivity contribution in [3.05, 3.63) is 53.6 Å². The Morgan fingerprint density at radius 2 is 1.77 bits per heavy atom. The molecule has 26 heavy (non-hydrogen) atoms. The lowest BCUT2D eigenvalue weighted by Gasteiger charge is -2.14. The van der Waals surface area contributed by atoms with Gasteiger partial charge in [-0.1, -0.05) is 17.7 Å². The number of hydrogen-bond acceptors (Lipinski definition) is 4. The van der Waals surface area contributed by atoms with Crippen molar-refractivity contribution < 1.29 is 14.3 Å². The van der Waals surface area contributed by atoms with Crippen molar-refractivity contribution in [3.63, 3.8) is 0 Å². The number of methoxy groups -OCH3 is 1. The highest BCUT2D eigenvalue weighted by molar-refractivity contribution is 8.01. The van der Waals surface area contributed by atoms with E-state index in [0.717, 1.165) is 22.6 Å². The van der Waals surface area contributed by atoms with Crippen molar-refractivity contribution in [3.8, 4) is 5.75 Å². The van der Waals surface area contributed by atoms with Gasteiger partial charge in [0.15, 0.2) is 0 Å². The van der Waals surface area contributed by atoms with Gasteiger partial charge in [0.05, 0.1) is 18.1 Å². The van der Waals surface area contributed by atoms with Gasteiger partial charge in [-0.25, -0.2) is 0 Å². The van der Waals surface area contributed by atoms with E-state index in [4.69, 9.17) is 4.74 Å². The smallest absolute Gasteiger partial charge is 0.237 e. The topological polar surface area (TPSA) is 67.4 Å². The molecule has 0 fully saturated rings. The summed E-state index contributed by atoms with van der Waals surface area (Å²) in [6.45, 7) is 5.77. The zero-order chi connectivity index (χ0) is 19.1. The Morgan fingerprint density at radius 1 is 1.08 bits per heavy atom. The van der Waals surface area contributed by atoms with Crippen molar-refractivity contribution in [2.24, 2.45) is 0 Å². The summed E-state index contributed by atoms with van der Waals surface area (Å²) in [7, 11) is 1.59. The third-order valence-corrected chi connectivity index (χ3v) is 4.99. The van der Waals surface area contributed by atoms with Gasteiger partial charge in [-0.15, -0.1) is 11.8 Å². The molecular formula is C20H24N2O3S. The molecule has 0 unspecified atom stereocenters. The van der Waals surface area contributed by atoms with Crippen molar-refractivity contribution in [2.45, 2.75) is 26.0 Å². The third-order valence-electron chi connectivity index (χ3n) is 3.85. The number of rotatable bonds is 7. The third kappa shape index (κ3) is 5.81. The zero-order valence-electron chi connectivity index (χ0n) is 15.5. The Hall–Kier alpha value is -2.47. The van der Waals surface area contributed by atoms with Crippen LogP contribution in [0.2, 0.25) is 0 Å². The Bertz CT molecular complexity index is 775. The SMILES string of the molecule is COc1ccc(NC(=O)CS[C@H](C)C(=O)Nc2ccc(C)cc2C)cc1. The number of anilines is 2. The maximum atomic E-state index is 12.3. The van der Waals surface area contributed by atoms with Crippen LogP contribution in [0.4, 0.5) is 11.4 Å². The molecule has 0 radical (unpaired) electrons. The first-order valence-electron chi connectivity index (χ1n) is 8.32.